The Morgan fingerprint density at radius 1 is 1.32 bits per heavy atom. The Kier molecular flexibility index (Phi) is 3.36. The Hall–Kier alpha value is -1.65. The Morgan fingerprint density at radius 3 is 2.84 bits per heavy atom. The summed E-state index contributed by atoms with van der Waals surface area (Å²) in [7, 11) is 0. The Balaban J connectivity index is 1.74. The summed E-state index contributed by atoms with van der Waals surface area (Å²) in [4.78, 5) is 5.63. The lowest BCUT2D eigenvalue weighted by Crippen LogP contribution is -2.29. The minimum absolute atomic E-state index is 0.0898. The summed E-state index contributed by atoms with van der Waals surface area (Å²) in [6, 6.07) is 10.5. The molecule has 0 amide bonds. The molecule has 0 aliphatic rings. The molecule has 19 heavy (non-hydrogen) atoms. The van der Waals surface area contributed by atoms with Crippen LogP contribution >= 0.6 is 11.3 Å². The molecular weight excluding hydrogens is 254 g/mol. The van der Waals surface area contributed by atoms with Gasteiger partial charge in [-0.2, -0.15) is 0 Å². The first-order valence-corrected chi connectivity index (χ1v) is 7.33. The second-order valence-electron chi connectivity index (χ2n) is 4.89. The molecule has 98 valence electrons. The largest absolute Gasteiger partial charge is 0.327 e. The van der Waals surface area contributed by atoms with Gasteiger partial charge in [0.2, 0.25) is 0 Å². The first-order chi connectivity index (χ1) is 9.24. The van der Waals surface area contributed by atoms with Crippen molar-refractivity contribution in [2.45, 2.75) is 25.3 Å². The van der Waals surface area contributed by atoms with E-state index in [1.165, 1.54) is 5.56 Å². The standard InChI is InChI=1S/C15H17N3S/c1-11(12-5-3-2-4-6-12)14(16)9-13-10-18-7-8-19-15(18)17-13/h2-8,10-11,14H,9,16H2,1H3. The Bertz CT molecular complexity index is 628. The number of imidazole rings is 1. The zero-order chi connectivity index (χ0) is 13.2. The third-order valence-corrected chi connectivity index (χ3v) is 4.33. The van der Waals surface area contributed by atoms with Crippen LogP contribution in [0, 0.1) is 0 Å². The van der Waals surface area contributed by atoms with E-state index >= 15 is 0 Å². The van der Waals surface area contributed by atoms with Crippen LogP contribution in [-0.2, 0) is 6.42 Å². The molecule has 0 bridgehead atoms. The summed E-state index contributed by atoms with van der Waals surface area (Å²) in [6.45, 7) is 2.18. The van der Waals surface area contributed by atoms with Gasteiger partial charge in [-0.15, -0.1) is 11.3 Å². The van der Waals surface area contributed by atoms with Crippen molar-refractivity contribution in [3.05, 3.63) is 59.4 Å². The van der Waals surface area contributed by atoms with E-state index in [0.29, 0.717) is 5.92 Å². The van der Waals surface area contributed by atoms with Crippen molar-refractivity contribution in [2.24, 2.45) is 5.73 Å². The normalized spacial score (nSPS) is 14.6. The summed E-state index contributed by atoms with van der Waals surface area (Å²) in [6.07, 6.45) is 4.91. The molecule has 0 aliphatic carbocycles. The van der Waals surface area contributed by atoms with Gasteiger partial charge in [-0.25, -0.2) is 4.98 Å². The van der Waals surface area contributed by atoms with Crippen molar-refractivity contribution in [1.29, 1.82) is 0 Å². The SMILES string of the molecule is CC(c1ccccc1)C(N)Cc1cn2ccsc2n1. The molecule has 2 unspecified atom stereocenters. The molecule has 0 fully saturated rings. The molecule has 3 rings (SSSR count). The van der Waals surface area contributed by atoms with E-state index in [-0.39, 0.29) is 6.04 Å². The molecule has 0 saturated heterocycles. The van der Waals surface area contributed by atoms with Crippen LogP contribution in [-0.4, -0.2) is 15.4 Å². The second-order valence-corrected chi connectivity index (χ2v) is 5.77. The summed E-state index contributed by atoms with van der Waals surface area (Å²) >= 11 is 1.65. The van der Waals surface area contributed by atoms with E-state index in [4.69, 9.17) is 5.73 Å². The molecule has 0 radical (unpaired) electrons. The predicted octanol–water partition coefficient (Wildman–Crippen LogP) is 3.07. The topological polar surface area (TPSA) is 43.3 Å². The summed E-state index contributed by atoms with van der Waals surface area (Å²) in [5.74, 6) is 0.334. The average molecular weight is 271 g/mol. The Labute approximate surface area is 116 Å². The van der Waals surface area contributed by atoms with E-state index in [1.54, 1.807) is 11.3 Å². The van der Waals surface area contributed by atoms with Crippen molar-refractivity contribution >= 4 is 16.3 Å². The van der Waals surface area contributed by atoms with Gasteiger partial charge in [0.15, 0.2) is 4.96 Å². The predicted molar refractivity (Wildman–Crippen MR) is 79.6 cm³/mol. The highest BCUT2D eigenvalue weighted by Gasteiger charge is 2.16. The van der Waals surface area contributed by atoms with Gasteiger partial charge in [0.1, 0.15) is 0 Å². The third-order valence-electron chi connectivity index (χ3n) is 3.56. The number of hydrogen-bond acceptors (Lipinski definition) is 3. The number of rotatable bonds is 4. The van der Waals surface area contributed by atoms with Crippen LogP contribution < -0.4 is 5.73 Å². The van der Waals surface area contributed by atoms with Gasteiger partial charge in [-0.05, 0) is 11.5 Å². The van der Waals surface area contributed by atoms with Crippen LogP contribution in [0.15, 0.2) is 48.1 Å². The van der Waals surface area contributed by atoms with Crippen molar-refractivity contribution in [3.8, 4) is 0 Å². The third kappa shape index (κ3) is 2.55. The first kappa shape index (κ1) is 12.4. The van der Waals surface area contributed by atoms with Crippen molar-refractivity contribution < 1.29 is 0 Å². The molecule has 2 atom stereocenters. The van der Waals surface area contributed by atoms with Crippen LogP contribution in [0.3, 0.4) is 0 Å². The molecule has 0 saturated carbocycles. The number of benzene rings is 1. The van der Waals surface area contributed by atoms with Crippen LogP contribution in [0.5, 0.6) is 0 Å². The fraction of sp³-hybridized carbons (Fsp3) is 0.267. The summed E-state index contributed by atoms with van der Waals surface area (Å²) in [5.41, 5.74) is 8.69. The van der Waals surface area contributed by atoms with E-state index in [9.17, 15) is 0 Å². The zero-order valence-corrected chi connectivity index (χ0v) is 11.7. The van der Waals surface area contributed by atoms with Crippen LogP contribution in [0.2, 0.25) is 0 Å². The highest BCUT2D eigenvalue weighted by Crippen LogP contribution is 2.21. The van der Waals surface area contributed by atoms with Gasteiger partial charge in [0.05, 0.1) is 5.69 Å². The smallest absolute Gasteiger partial charge is 0.193 e. The number of hydrogen-bond donors (Lipinski definition) is 1. The summed E-state index contributed by atoms with van der Waals surface area (Å²) in [5, 5.41) is 2.04. The molecule has 0 aliphatic heterocycles. The molecule has 0 spiro atoms. The molecule has 1 aromatic carbocycles. The highest BCUT2D eigenvalue weighted by molar-refractivity contribution is 7.15. The maximum absolute atomic E-state index is 6.33. The van der Waals surface area contributed by atoms with Gasteiger partial charge in [0, 0.05) is 30.2 Å². The number of thiazole rings is 1. The maximum Gasteiger partial charge on any atom is 0.193 e. The van der Waals surface area contributed by atoms with Crippen LogP contribution in [0.4, 0.5) is 0 Å². The number of nitrogens with zero attached hydrogens (tertiary/aromatic N) is 2. The fourth-order valence-electron chi connectivity index (χ4n) is 2.30. The van der Waals surface area contributed by atoms with E-state index < -0.39 is 0 Å². The molecule has 2 aromatic heterocycles. The van der Waals surface area contributed by atoms with Gasteiger partial charge >= 0.3 is 0 Å². The maximum atomic E-state index is 6.33. The van der Waals surface area contributed by atoms with Gasteiger partial charge in [-0.1, -0.05) is 37.3 Å². The molecule has 3 nitrogen and oxygen atoms in total. The van der Waals surface area contributed by atoms with Crippen molar-refractivity contribution in [3.63, 3.8) is 0 Å². The van der Waals surface area contributed by atoms with E-state index in [0.717, 1.165) is 17.1 Å². The lowest BCUT2D eigenvalue weighted by Gasteiger charge is -2.19. The molecule has 2 N–H and O–H groups in total. The monoisotopic (exact) mass is 271 g/mol. The van der Waals surface area contributed by atoms with Gasteiger partial charge in [0.25, 0.3) is 0 Å². The van der Waals surface area contributed by atoms with E-state index in [1.807, 2.05) is 17.6 Å². The second kappa shape index (κ2) is 5.15. The van der Waals surface area contributed by atoms with Crippen LogP contribution in [0.25, 0.3) is 4.96 Å². The van der Waals surface area contributed by atoms with Crippen molar-refractivity contribution in [1.82, 2.24) is 9.38 Å². The number of aromatic nitrogens is 2. The number of nitrogens with two attached hydrogens (primary N) is 1. The van der Waals surface area contributed by atoms with Crippen molar-refractivity contribution in [2.75, 3.05) is 0 Å². The Morgan fingerprint density at radius 2 is 2.11 bits per heavy atom. The lowest BCUT2D eigenvalue weighted by atomic mass is 9.91. The molecular formula is C15H17N3S. The minimum atomic E-state index is 0.0898. The lowest BCUT2D eigenvalue weighted by molar-refractivity contribution is 0.559. The van der Waals surface area contributed by atoms with E-state index in [2.05, 4.69) is 46.8 Å². The van der Waals surface area contributed by atoms with Gasteiger partial charge < -0.3 is 5.73 Å². The van der Waals surface area contributed by atoms with Gasteiger partial charge in [-0.3, -0.25) is 4.40 Å². The minimum Gasteiger partial charge on any atom is -0.327 e. The highest BCUT2D eigenvalue weighted by atomic mass is 32.1. The molecule has 4 heteroatoms. The fourth-order valence-corrected chi connectivity index (χ4v) is 3.02. The molecule has 3 aromatic rings. The molecule has 2 heterocycles. The average Bonchev–Trinajstić information content (AvgIpc) is 2.99. The quantitative estimate of drug-likeness (QED) is 0.792. The first-order valence-electron chi connectivity index (χ1n) is 6.45. The zero-order valence-electron chi connectivity index (χ0n) is 10.9. The summed E-state index contributed by atoms with van der Waals surface area (Å²) < 4.78 is 2.06. The number of fused-ring (bicyclic) bond motifs is 1. The van der Waals surface area contributed by atoms with Crippen LogP contribution in [0.1, 0.15) is 24.1 Å².